The molecule has 0 spiro atoms. The molecule has 5 heteroatoms. The van der Waals surface area contributed by atoms with Crippen LogP contribution in [-0.4, -0.2) is 26.2 Å². The molecule has 0 aliphatic heterocycles. The van der Waals surface area contributed by atoms with Gasteiger partial charge in [0.2, 0.25) is 0 Å². The van der Waals surface area contributed by atoms with Gasteiger partial charge in [0.1, 0.15) is 5.82 Å². The van der Waals surface area contributed by atoms with E-state index < -0.39 is 11.7 Å². The van der Waals surface area contributed by atoms with Gasteiger partial charge in [0.25, 0.3) is 5.91 Å². The number of amides is 1. The van der Waals surface area contributed by atoms with E-state index in [-0.39, 0.29) is 5.56 Å². The number of nitrogens with one attached hydrogen (secondary N) is 1. The van der Waals surface area contributed by atoms with Gasteiger partial charge in [0.05, 0.1) is 5.56 Å². The van der Waals surface area contributed by atoms with Crippen molar-refractivity contribution in [2.45, 2.75) is 6.42 Å². The number of carbonyl (C=O) groups excluding carboxylic acids is 1. The Balaban J connectivity index is 2.53. The van der Waals surface area contributed by atoms with Crippen molar-refractivity contribution in [3.05, 3.63) is 29.6 Å². The van der Waals surface area contributed by atoms with Gasteiger partial charge in [-0.15, -0.1) is 0 Å². The lowest BCUT2D eigenvalue weighted by Crippen LogP contribution is -2.26. The molecule has 0 atom stereocenters. The van der Waals surface area contributed by atoms with Crippen molar-refractivity contribution in [2.75, 3.05) is 26.0 Å². The number of rotatable bonds is 5. The summed E-state index contributed by atoms with van der Waals surface area (Å²) in [5.41, 5.74) is 5.68. The van der Waals surface area contributed by atoms with Crippen LogP contribution in [0.25, 0.3) is 0 Å². The minimum absolute atomic E-state index is 0.00613. The van der Waals surface area contributed by atoms with Gasteiger partial charge in [-0.25, -0.2) is 4.39 Å². The molecule has 0 fully saturated rings. The summed E-state index contributed by atoms with van der Waals surface area (Å²) >= 11 is 0. The quantitative estimate of drug-likeness (QED) is 0.585. The third kappa shape index (κ3) is 3.51. The van der Waals surface area contributed by atoms with Gasteiger partial charge in [0.15, 0.2) is 0 Å². The van der Waals surface area contributed by atoms with Crippen molar-refractivity contribution in [3.63, 3.8) is 0 Å². The average Bonchev–Trinajstić information content (AvgIpc) is 2.24. The van der Waals surface area contributed by atoms with Crippen molar-refractivity contribution >= 4 is 11.6 Å². The van der Waals surface area contributed by atoms with Crippen LogP contribution < -0.4 is 11.1 Å². The Morgan fingerprint density at radius 1 is 1.56 bits per heavy atom. The predicted molar refractivity (Wildman–Crippen MR) is 59.6 cm³/mol. The molecule has 0 heterocycles. The number of nitrogens with two attached hydrogens (primary N) is 1. The number of carbonyl (C=O) groups is 1. The van der Waals surface area contributed by atoms with Crippen molar-refractivity contribution in [3.8, 4) is 0 Å². The van der Waals surface area contributed by atoms with E-state index in [4.69, 9.17) is 10.5 Å². The van der Waals surface area contributed by atoms with Crippen LogP contribution in [0.2, 0.25) is 0 Å². The molecule has 0 saturated carbocycles. The molecule has 1 amide bonds. The van der Waals surface area contributed by atoms with E-state index in [0.29, 0.717) is 25.3 Å². The summed E-state index contributed by atoms with van der Waals surface area (Å²) in [5.74, 6) is -1.04. The van der Waals surface area contributed by atoms with Gasteiger partial charge in [-0.1, -0.05) is 0 Å². The highest BCUT2D eigenvalue weighted by Crippen LogP contribution is 2.11. The van der Waals surface area contributed by atoms with Gasteiger partial charge >= 0.3 is 0 Å². The van der Waals surface area contributed by atoms with Crippen LogP contribution in [-0.2, 0) is 4.74 Å². The van der Waals surface area contributed by atoms with E-state index in [1.807, 2.05) is 0 Å². The van der Waals surface area contributed by atoms with Crippen molar-refractivity contribution in [2.24, 2.45) is 0 Å². The molecule has 1 aromatic rings. The summed E-state index contributed by atoms with van der Waals surface area (Å²) in [6.45, 7) is 1.01. The predicted octanol–water partition coefficient (Wildman–Crippen LogP) is 1.17. The summed E-state index contributed by atoms with van der Waals surface area (Å²) in [4.78, 5) is 11.5. The monoisotopic (exact) mass is 226 g/mol. The highest BCUT2D eigenvalue weighted by Gasteiger charge is 2.10. The number of ether oxygens (including phenoxy) is 1. The Hall–Kier alpha value is -1.62. The number of anilines is 1. The molecule has 0 bridgehead atoms. The normalized spacial score (nSPS) is 10.1. The van der Waals surface area contributed by atoms with Crippen LogP contribution >= 0.6 is 0 Å². The zero-order valence-electron chi connectivity index (χ0n) is 9.13. The second-order valence-electron chi connectivity index (χ2n) is 3.34. The lowest BCUT2D eigenvalue weighted by molar-refractivity contribution is 0.0944. The largest absolute Gasteiger partial charge is 0.399 e. The Morgan fingerprint density at radius 2 is 2.31 bits per heavy atom. The van der Waals surface area contributed by atoms with E-state index in [2.05, 4.69) is 5.32 Å². The summed E-state index contributed by atoms with van der Waals surface area (Å²) in [5, 5.41) is 2.59. The molecule has 0 radical (unpaired) electrons. The minimum atomic E-state index is -0.607. The number of nitrogen functional groups attached to an aromatic ring is 1. The maximum atomic E-state index is 13.3. The Morgan fingerprint density at radius 3 is 2.94 bits per heavy atom. The molecule has 1 aromatic carbocycles. The first-order valence-corrected chi connectivity index (χ1v) is 4.97. The summed E-state index contributed by atoms with van der Waals surface area (Å²) in [6, 6.07) is 3.99. The first-order chi connectivity index (χ1) is 7.65. The molecule has 88 valence electrons. The van der Waals surface area contributed by atoms with Crippen LogP contribution in [0.4, 0.5) is 10.1 Å². The lowest BCUT2D eigenvalue weighted by atomic mass is 10.2. The second kappa shape index (κ2) is 6.07. The smallest absolute Gasteiger partial charge is 0.254 e. The second-order valence-corrected chi connectivity index (χ2v) is 3.34. The number of methoxy groups -OCH3 is 1. The lowest BCUT2D eigenvalue weighted by Gasteiger charge is -2.06. The molecule has 1 rings (SSSR count). The maximum absolute atomic E-state index is 13.3. The molecular weight excluding hydrogens is 211 g/mol. The first kappa shape index (κ1) is 12.4. The van der Waals surface area contributed by atoms with Crippen LogP contribution in [0.15, 0.2) is 18.2 Å². The van der Waals surface area contributed by atoms with Crippen LogP contribution in [0.5, 0.6) is 0 Å². The zero-order chi connectivity index (χ0) is 12.0. The standard InChI is InChI=1S/C11H15FN2O2/c1-16-6-2-5-14-11(15)9-4-3-8(13)7-10(9)12/h3-4,7H,2,5-6,13H2,1H3,(H,14,15). The molecular formula is C11H15FN2O2. The summed E-state index contributed by atoms with van der Waals surface area (Å²) in [7, 11) is 1.58. The fourth-order valence-corrected chi connectivity index (χ4v) is 1.23. The van der Waals surface area contributed by atoms with E-state index in [1.54, 1.807) is 7.11 Å². The van der Waals surface area contributed by atoms with Gasteiger partial charge in [0, 0.05) is 25.9 Å². The van der Waals surface area contributed by atoms with E-state index >= 15 is 0 Å². The van der Waals surface area contributed by atoms with Crippen LogP contribution in [0.1, 0.15) is 16.8 Å². The maximum Gasteiger partial charge on any atom is 0.254 e. The first-order valence-electron chi connectivity index (χ1n) is 4.97. The van der Waals surface area contributed by atoms with Crippen molar-refractivity contribution in [1.29, 1.82) is 0 Å². The van der Waals surface area contributed by atoms with E-state index in [9.17, 15) is 9.18 Å². The third-order valence-electron chi connectivity index (χ3n) is 2.05. The Bertz CT molecular complexity index is 369. The molecule has 4 nitrogen and oxygen atoms in total. The minimum Gasteiger partial charge on any atom is -0.399 e. The van der Waals surface area contributed by atoms with Crippen molar-refractivity contribution in [1.82, 2.24) is 5.32 Å². The molecule has 0 saturated heterocycles. The number of hydrogen-bond acceptors (Lipinski definition) is 3. The molecule has 16 heavy (non-hydrogen) atoms. The van der Waals surface area contributed by atoms with Gasteiger partial charge < -0.3 is 15.8 Å². The van der Waals surface area contributed by atoms with E-state index in [0.717, 1.165) is 6.07 Å². The molecule has 0 unspecified atom stereocenters. The average molecular weight is 226 g/mol. The molecule has 0 aliphatic carbocycles. The van der Waals surface area contributed by atoms with Gasteiger partial charge in [-0.2, -0.15) is 0 Å². The summed E-state index contributed by atoms with van der Waals surface area (Å²) in [6.07, 6.45) is 0.693. The number of halogens is 1. The topological polar surface area (TPSA) is 64.3 Å². The fourth-order valence-electron chi connectivity index (χ4n) is 1.23. The van der Waals surface area contributed by atoms with Gasteiger partial charge in [-0.3, -0.25) is 4.79 Å². The van der Waals surface area contributed by atoms with Crippen LogP contribution in [0, 0.1) is 5.82 Å². The highest BCUT2D eigenvalue weighted by molar-refractivity contribution is 5.94. The van der Waals surface area contributed by atoms with Crippen molar-refractivity contribution < 1.29 is 13.9 Å². The van der Waals surface area contributed by atoms with Crippen LogP contribution in [0.3, 0.4) is 0 Å². The highest BCUT2D eigenvalue weighted by atomic mass is 19.1. The summed E-state index contributed by atoms with van der Waals surface area (Å²) < 4.78 is 18.1. The third-order valence-corrected chi connectivity index (χ3v) is 2.05. The fraction of sp³-hybridized carbons (Fsp3) is 0.364. The van der Waals surface area contributed by atoms with E-state index in [1.165, 1.54) is 12.1 Å². The number of hydrogen-bond donors (Lipinski definition) is 2. The SMILES string of the molecule is COCCCNC(=O)c1ccc(N)cc1F. The Labute approximate surface area is 93.6 Å². The zero-order valence-corrected chi connectivity index (χ0v) is 9.13. The van der Waals surface area contributed by atoms with Gasteiger partial charge in [-0.05, 0) is 24.6 Å². The molecule has 0 aliphatic rings. The molecule has 0 aromatic heterocycles. The molecule has 3 N–H and O–H groups in total. The Kier molecular flexibility index (Phi) is 4.72. The number of benzene rings is 1.